The minimum Gasteiger partial charge on any atom is -0.487 e. The number of nitrogens with one attached hydrogen (secondary N) is 1. The van der Waals surface area contributed by atoms with Crippen molar-refractivity contribution in [3.8, 4) is 5.75 Å². The van der Waals surface area contributed by atoms with Gasteiger partial charge in [0.25, 0.3) is 0 Å². The maximum absolute atomic E-state index is 6.12. The van der Waals surface area contributed by atoms with E-state index in [1.807, 2.05) is 32.2 Å². The van der Waals surface area contributed by atoms with Gasteiger partial charge in [-0.1, -0.05) is 17.7 Å². The molecular formula is C13H18ClNO. The second-order valence-electron chi connectivity index (χ2n) is 4.42. The Balaban J connectivity index is 2.11. The van der Waals surface area contributed by atoms with Gasteiger partial charge in [0.1, 0.15) is 11.9 Å². The monoisotopic (exact) mass is 239 g/mol. The molecule has 2 unspecified atom stereocenters. The van der Waals surface area contributed by atoms with Gasteiger partial charge < -0.3 is 10.1 Å². The first-order valence-corrected chi connectivity index (χ1v) is 6.18. The minimum absolute atomic E-state index is 0.254. The summed E-state index contributed by atoms with van der Waals surface area (Å²) in [6, 6.07) is 6.36. The lowest BCUT2D eigenvalue weighted by atomic mass is 10.2. The Bertz CT molecular complexity index is 367. The van der Waals surface area contributed by atoms with Crippen LogP contribution in [0, 0.1) is 6.92 Å². The van der Waals surface area contributed by atoms with Crippen molar-refractivity contribution in [1.29, 1.82) is 0 Å². The van der Waals surface area contributed by atoms with Gasteiger partial charge in [-0.25, -0.2) is 0 Å². The molecule has 2 rings (SSSR count). The largest absolute Gasteiger partial charge is 0.487 e. The molecule has 2 atom stereocenters. The number of hydrogen-bond acceptors (Lipinski definition) is 2. The molecule has 0 aliphatic heterocycles. The fourth-order valence-corrected chi connectivity index (χ4v) is 2.42. The number of hydrogen-bond donors (Lipinski definition) is 1. The van der Waals surface area contributed by atoms with Gasteiger partial charge in [-0.15, -0.1) is 0 Å². The molecule has 1 fully saturated rings. The topological polar surface area (TPSA) is 21.3 Å². The standard InChI is InChI=1S/C13H18ClNO/c1-9-6-7-10(14)13(8-9)16-12-5-3-4-11(12)15-2/h6-8,11-12,15H,3-5H2,1-2H3. The third kappa shape index (κ3) is 2.50. The zero-order valence-corrected chi connectivity index (χ0v) is 10.6. The Morgan fingerprint density at radius 1 is 1.38 bits per heavy atom. The van der Waals surface area contributed by atoms with Crippen LogP contribution in [0.1, 0.15) is 24.8 Å². The van der Waals surface area contributed by atoms with Crippen molar-refractivity contribution in [2.75, 3.05) is 7.05 Å². The van der Waals surface area contributed by atoms with E-state index in [4.69, 9.17) is 16.3 Å². The van der Waals surface area contributed by atoms with Crippen molar-refractivity contribution in [1.82, 2.24) is 5.32 Å². The molecule has 0 radical (unpaired) electrons. The Hall–Kier alpha value is -0.730. The summed E-state index contributed by atoms with van der Waals surface area (Å²) in [5.41, 5.74) is 1.18. The van der Waals surface area contributed by atoms with Crippen molar-refractivity contribution < 1.29 is 4.74 Å². The van der Waals surface area contributed by atoms with Crippen LogP contribution in [0.25, 0.3) is 0 Å². The maximum atomic E-state index is 6.12. The van der Waals surface area contributed by atoms with Crippen molar-refractivity contribution in [3.05, 3.63) is 28.8 Å². The van der Waals surface area contributed by atoms with Gasteiger partial charge in [-0.05, 0) is 50.9 Å². The Labute approximate surface area is 102 Å². The van der Waals surface area contributed by atoms with Crippen LogP contribution in [-0.4, -0.2) is 19.2 Å². The van der Waals surface area contributed by atoms with Crippen LogP contribution >= 0.6 is 11.6 Å². The first-order chi connectivity index (χ1) is 7.70. The molecular weight excluding hydrogens is 222 g/mol. The quantitative estimate of drug-likeness (QED) is 0.875. The highest BCUT2D eigenvalue weighted by Crippen LogP contribution is 2.30. The summed E-state index contributed by atoms with van der Waals surface area (Å²) in [6.07, 6.45) is 3.77. The molecule has 3 heteroatoms. The molecule has 88 valence electrons. The fraction of sp³-hybridized carbons (Fsp3) is 0.538. The number of halogens is 1. The van der Waals surface area contributed by atoms with Gasteiger partial charge in [-0.2, -0.15) is 0 Å². The van der Waals surface area contributed by atoms with E-state index in [9.17, 15) is 0 Å². The Morgan fingerprint density at radius 3 is 2.94 bits per heavy atom. The SMILES string of the molecule is CNC1CCCC1Oc1cc(C)ccc1Cl. The number of aryl methyl sites for hydroxylation is 1. The molecule has 0 aromatic heterocycles. The molecule has 1 aromatic rings. The van der Waals surface area contributed by atoms with Gasteiger partial charge >= 0.3 is 0 Å². The highest BCUT2D eigenvalue weighted by atomic mass is 35.5. The molecule has 1 aliphatic carbocycles. The Morgan fingerprint density at radius 2 is 2.19 bits per heavy atom. The molecule has 1 saturated carbocycles. The summed E-state index contributed by atoms with van der Waals surface area (Å²) in [5, 5.41) is 4.00. The van der Waals surface area contributed by atoms with Crippen molar-refractivity contribution in [3.63, 3.8) is 0 Å². The lowest BCUT2D eigenvalue weighted by Gasteiger charge is -2.21. The molecule has 0 heterocycles. The molecule has 1 N–H and O–H groups in total. The average molecular weight is 240 g/mol. The summed E-state index contributed by atoms with van der Waals surface area (Å²) in [5.74, 6) is 0.814. The van der Waals surface area contributed by atoms with E-state index in [-0.39, 0.29) is 6.10 Å². The first-order valence-electron chi connectivity index (χ1n) is 5.81. The van der Waals surface area contributed by atoms with E-state index in [2.05, 4.69) is 5.32 Å². The second-order valence-corrected chi connectivity index (χ2v) is 4.82. The molecule has 0 spiro atoms. The van der Waals surface area contributed by atoms with Gasteiger partial charge in [-0.3, -0.25) is 0 Å². The van der Waals surface area contributed by atoms with Crippen LogP contribution in [0.15, 0.2) is 18.2 Å². The summed E-state index contributed by atoms with van der Waals surface area (Å²) in [4.78, 5) is 0. The predicted octanol–water partition coefficient (Wildman–Crippen LogP) is 3.17. The molecule has 0 bridgehead atoms. The number of likely N-dealkylation sites (N-methyl/N-ethyl adjacent to an activating group) is 1. The molecule has 1 aliphatic rings. The summed E-state index contributed by atoms with van der Waals surface area (Å²) in [7, 11) is 1.99. The van der Waals surface area contributed by atoms with Crippen LogP contribution in [0.3, 0.4) is 0 Å². The van der Waals surface area contributed by atoms with Gasteiger partial charge in [0.05, 0.1) is 5.02 Å². The van der Waals surface area contributed by atoms with Gasteiger partial charge in [0.2, 0.25) is 0 Å². The van der Waals surface area contributed by atoms with E-state index in [0.717, 1.165) is 12.2 Å². The lowest BCUT2D eigenvalue weighted by Crippen LogP contribution is -2.36. The van der Waals surface area contributed by atoms with E-state index in [1.54, 1.807) is 0 Å². The third-order valence-corrected chi connectivity index (χ3v) is 3.50. The van der Waals surface area contributed by atoms with Crippen LogP contribution in [-0.2, 0) is 0 Å². The molecule has 16 heavy (non-hydrogen) atoms. The first kappa shape index (κ1) is 11.7. The van der Waals surface area contributed by atoms with E-state index < -0.39 is 0 Å². The van der Waals surface area contributed by atoms with E-state index in [1.165, 1.54) is 18.4 Å². The van der Waals surface area contributed by atoms with E-state index in [0.29, 0.717) is 11.1 Å². The predicted molar refractivity (Wildman–Crippen MR) is 67.3 cm³/mol. The fourth-order valence-electron chi connectivity index (χ4n) is 2.26. The number of rotatable bonds is 3. The smallest absolute Gasteiger partial charge is 0.138 e. The van der Waals surface area contributed by atoms with E-state index >= 15 is 0 Å². The average Bonchev–Trinajstić information content (AvgIpc) is 2.71. The second kappa shape index (κ2) is 5.07. The van der Waals surface area contributed by atoms with Crippen LogP contribution < -0.4 is 10.1 Å². The van der Waals surface area contributed by atoms with Crippen molar-refractivity contribution >= 4 is 11.6 Å². The summed E-state index contributed by atoms with van der Waals surface area (Å²) >= 11 is 6.12. The molecule has 2 nitrogen and oxygen atoms in total. The van der Waals surface area contributed by atoms with Crippen LogP contribution in [0.2, 0.25) is 5.02 Å². The molecule has 0 saturated heterocycles. The van der Waals surface area contributed by atoms with Crippen LogP contribution in [0.4, 0.5) is 0 Å². The zero-order valence-electron chi connectivity index (χ0n) is 9.79. The number of ether oxygens (including phenoxy) is 1. The van der Waals surface area contributed by atoms with Crippen molar-refractivity contribution in [2.24, 2.45) is 0 Å². The maximum Gasteiger partial charge on any atom is 0.138 e. The third-order valence-electron chi connectivity index (χ3n) is 3.19. The van der Waals surface area contributed by atoms with Crippen molar-refractivity contribution in [2.45, 2.75) is 38.3 Å². The summed E-state index contributed by atoms with van der Waals surface area (Å²) in [6.45, 7) is 2.05. The lowest BCUT2D eigenvalue weighted by molar-refractivity contribution is 0.179. The highest BCUT2D eigenvalue weighted by molar-refractivity contribution is 6.32. The molecule has 0 amide bonds. The summed E-state index contributed by atoms with van der Waals surface area (Å²) < 4.78 is 6.00. The normalized spacial score (nSPS) is 24.7. The van der Waals surface area contributed by atoms with Gasteiger partial charge in [0.15, 0.2) is 0 Å². The minimum atomic E-state index is 0.254. The Kier molecular flexibility index (Phi) is 3.72. The molecule has 1 aromatic carbocycles. The highest BCUT2D eigenvalue weighted by Gasteiger charge is 2.27. The van der Waals surface area contributed by atoms with Crippen LogP contribution in [0.5, 0.6) is 5.75 Å². The zero-order chi connectivity index (χ0) is 11.5. The number of benzene rings is 1. The van der Waals surface area contributed by atoms with Gasteiger partial charge in [0, 0.05) is 6.04 Å².